The predicted molar refractivity (Wildman–Crippen MR) is 68.4 cm³/mol. The Morgan fingerprint density at radius 2 is 2.30 bits per heavy atom. The van der Waals surface area contributed by atoms with Gasteiger partial charge in [-0.15, -0.1) is 0 Å². The van der Waals surface area contributed by atoms with E-state index < -0.39 is 21.8 Å². The zero-order valence-corrected chi connectivity index (χ0v) is 12.5. The van der Waals surface area contributed by atoms with Gasteiger partial charge in [0.2, 0.25) is 15.8 Å². The lowest BCUT2D eigenvalue weighted by Gasteiger charge is -2.14. The normalized spacial score (nSPS) is 11.9. The van der Waals surface area contributed by atoms with E-state index in [2.05, 4.69) is 31.1 Å². The first-order valence-electron chi connectivity index (χ1n) is 5.15. The van der Waals surface area contributed by atoms with Crippen LogP contribution in [0, 0.1) is 0 Å². The molecule has 2 rings (SSSR count). The highest BCUT2D eigenvalue weighted by molar-refractivity contribution is 9.10. The minimum absolute atomic E-state index is 0.0393. The molecule has 0 atom stereocenters. The van der Waals surface area contributed by atoms with Crippen molar-refractivity contribution in [2.75, 3.05) is 7.05 Å². The van der Waals surface area contributed by atoms with E-state index in [4.69, 9.17) is 9.52 Å². The Bertz CT molecular complexity index is 724. The number of aromatic nitrogens is 3. The number of hydrogen-bond donors (Lipinski definition) is 2. The second-order valence-corrected chi connectivity index (χ2v) is 6.48. The van der Waals surface area contributed by atoms with E-state index in [1.807, 2.05) is 0 Å². The van der Waals surface area contributed by atoms with Crippen molar-refractivity contribution in [3.63, 3.8) is 0 Å². The molecule has 108 valence electrons. The van der Waals surface area contributed by atoms with Gasteiger partial charge in [-0.2, -0.15) is 9.40 Å². The summed E-state index contributed by atoms with van der Waals surface area (Å²) in [6, 6.07) is 0.943. The van der Waals surface area contributed by atoms with Gasteiger partial charge in [-0.25, -0.2) is 18.2 Å². The molecule has 0 aliphatic heterocycles. The summed E-state index contributed by atoms with van der Waals surface area (Å²) >= 11 is 2.90. The van der Waals surface area contributed by atoms with Crippen molar-refractivity contribution in [2.24, 2.45) is 0 Å². The van der Waals surface area contributed by atoms with Crippen molar-refractivity contribution in [1.29, 1.82) is 0 Å². The lowest BCUT2D eigenvalue weighted by atomic mass is 10.5. The zero-order valence-electron chi connectivity index (χ0n) is 10.1. The SMILES string of the molecule is CN(Cc1ncn[nH]1)S(=O)(=O)c1cc(C(=O)O)oc1Br. The van der Waals surface area contributed by atoms with Crippen LogP contribution in [-0.4, -0.2) is 46.0 Å². The molecule has 2 heterocycles. The molecule has 0 aromatic carbocycles. The number of carboxylic acids is 1. The fraction of sp³-hybridized carbons (Fsp3) is 0.222. The summed E-state index contributed by atoms with van der Waals surface area (Å²) in [5, 5.41) is 14.9. The molecule has 0 saturated carbocycles. The van der Waals surface area contributed by atoms with Crippen LogP contribution >= 0.6 is 15.9 Å². The largest absolute Gasteiger partial charge is 0.475 e. The second kappa shape index (κ2) is 5.34. The number of rotatable bonds is 5. The maximum absolute atomic E-state index is 12.3. The first-order chi connectivity index (χ1) is 9.32. The fourth-order valence-electron chi connectivity index (χ4n) is 1.40. The second-order valence-electron chi connectivity index (χ2n) is 3.75. The average molecular weight is 365 g/mol. The number of nitrogens with zero attached hydrogens (tertiary/aromatic N) is 3. The van der Waals surface area contributed by atoms with Crippen molar-refractivity contribution >= 4 is 31.9 Å². The third-order valence-corrected chi connectivity index (χ3v) is 5.05. The Kier molecular flexibility index (Phi) is 3.92. The van der Waals surface area contributed by atoms with E-state index in [-0.39, 0.29) is 16.1 Å². The highest BCUT2D eigenvalue weighted by atomic mass is 79.9. The molecule has 0 bridgehead atoms. The molecular weight excluding hydrogens is 356 g/mol. The minimum atomic E-state index is -3.92. The Morgan fingerprint density at radius 1 is 1.60 bits per heavy atom. The molecule has 11 heteroatoms. The number of furan rings is 1. The molecule has 0 amide bonds. The maximum Gasteiger partial charge on any atom is 0.371 e. The minimum Gasteiger partial charge on any atom is -0.475 e. The lowest BCUT2D eigenvalue weighted by Crippen LogP contribution is -2.27. The van der Waals surface area contributed by atoms with Gasteiger partial charge in [-0.05, 0) is 15.9 Å². The van der Waals surface area contributed by atoms with Crippen LogP contribution in [0.3, 0.4) is 0 Å². The molecule has 0 aliphatic rings. The van der Waals surface area contributed by atoms with Crippen molar-refractivity contribution in [3.05, 3.63) is 28.6 Å². The maximum atomic E-state index is 12.3. The van der Waals surface area contributed by atoms with Crippen LogP contribution in [0.25, 0.3) is 0 Å². The summed E-state index contributed by atoms with van der Waals surface area (Å²) in [4.78, 5) is 14.3. The summed E-state index contributed by atoms with van der Waals surface area (Å²) in [6.07, 6.45) is 1.26. The molecule has 20 heavy (non-hydrogen) atoms. The van der Waals surface area contributed by atoms with E-state index >= 15 is 0 Å². The van der Waals surface area contributed by atoms with Gasteiger partial charge in [0.15, 0.2) is 4.67 Å². The van der Waals surface area contributed by atoms with E-state index in [9.17, 15) is 13.2 Å². The first kappa shape index (κ1) is 14.7. The van der Waals surface area contributed by atoms with Gasteiger partial charge in [-0.1, -0.05) is 0 Å². The van der Waals surface area contributed by atoms with Crippen LogP contribution < -0.4 is 0 Å². The number of aromatic amines is 1. The number of nitrogens with one attached hydrogen (secondary N) is 1. The Morgan fingerprint density at radius 3 is 2.80 bits per heavy atom. The van der Waals surface area contributed by atoms with E-state index in [1.165, 1.54) is 13.4 Å². The van der Waals surface area contributed by atoms with Gasteiger partial charge in [0.05, 0.1) is 6.54 Å². The van der Waals surface area contributed by atoms with Crippen LogP contribution in [-0.2, 0) is 16.6 Å². The predicted octanol–water partition coefficient (Wildman–Crippen LogP) is 0.679. The number of carboxylic acid groups (broad SMARTS) is 1. The van der Waals surface area contributed by atoms with E-state index in [1.54, 1.807) is 0 Å². The molecule has 9 nitrogen and oxygen atoms in total. The molecule has 0 spiro atoms. The van der Waals surface area contributed by atoms with Gasteiger partial charge in [0.25, 0.3) is 0 Å². The first-order valence-corrected chi connectivity index (χ1v) is 7.39. The number of hydrogen-bond acceptors (Lipinski definition) is 6. The van der Waals surface area contributed by atoms with Crippen LogP contribution in [0.2, 0.25) is 0 Å². The highest BCUT2D eigenvalue weighted by Gasteiger charge is 2.29. The summed E-state index contributed by atoms with van der Waals surface area (Å²) in [7, 11) is -2.59. The number of carbonyl (C=O) groups is 1. The summed E-state index contributed by atoms with van der Waals surface area (Å²) < 4.78 is 30.2. The quantitative estimate of drug-likeness (QED) is 0.797. The molecule has 0 aliphatic carbocycles. The van der Waals surface area contributed by atoms with Gasteiger partial charge in [0, 0.05) is 13.1 Å². The molecule has 0 fully saturated rings. The van der Waals surface area contributed by atoms with Crippen LogP contribution in [0.5, 0.6) is 0 Å². The Balaban J connectivity index is 2.32. The van der Waals surface area contributed by atoms with Gasteiger partial charge in [0.1, 0.15) is 17.0 Å². The molecule has 0 unspecified atom stereocenters. The molecule has 2 aromatic heterocycles. The lowest BCUT2D eigenvalue weighted by molar-refractivity contribution is 0.0661. The summed E-state index contributed by atoms with van der Waals surface area (Å²) in [5.74, 6) is -1.47. The van der Waals surface area contributed by atoms with Crippen LogP contribution in [0.4, 0.5) is 0 Å². The fourth-order valence-corrected chi connectivity index (χ4v) is 3.44. The molecule has 0 radical (unpaired) electrons. The van der Waals surface area contributed by atoms with Crippen molar-refractivity contribution in [3.8, 4) is 0 Å². The third-order valence-electron chi connectivity index (χ3n) is 2.39. The topological polar surface area (TPSA) is 129 Å². The molecule has 2 aromatic rings. The molecular formula is C9H9BrN4O5S. The van der Waals surface area contributed by atoms with Crippen molar-refractivity contribution in [2.45, 2.75) is 11.4 Å². The van der Waals surface area contributed by atoms with Crippen molar-refractivity contribution in [1.82, 2.24) is 19.5 Å². The summed E-state index contributed by atoms with van der Waals surface area (Å²) in [6.45, 7) is -0.0393. The molecule has 2 N–H and O–H groups in total. The van der Waals surface area contributed by atoms with Gasteiger partial charge < -0.3 is 9.52 Å². The van der Waals surface area contributed by atoms with Gasteiger partial charge in [-0.3, -0.25) is 5.10 Å². The van der Waals surface area contributed by atoms with Gasteiger partial charge >= 0.3 is 5.97 Å². The zero-order chi connectivity index (χ0) is 14.9. The number of H-pyrrole nitrogens is 1. The third kappa shape index (κ3) is 2.73. The molecule has 0 saturated heterocycles. The average Bonchev–Trinajstić information content (AvgIpc) is 2.98. The smallest absolute Gasteiger partial charge is 0.371 e. The van der Waals surface area contributed by atoms with Crippen LogP contribution in [0.15, 0.2) is 26.4 Å². The standard InChI is InChI=1S/C9H9BrN4O5S/c1-14(3-7-11-4-12-13-7)20(17,18)6-2-5(9(15)16)19-8(6)10/h2,4H,3H2,1H3,(H,15,16)(H,11,12,13). The van der Waals surface area contributed by atoms with Crippen molar-refractivity contribution < 1.29 is 22.7 Å². The monoisotopic (exact) mass is 364 g/mol. The van der Waals surface area contributed by atoms with E-state index in [0.717, 1.165) is 10.4 Å². The number of sulfonamides is 1. The van der Waals surface area contributed by atoms with E-state index in [0.29, 0.717) is 5.82 Å². The van der Waals surface area contributed by atoms with Crippen LogP contribution in [0.1, 0.15) is 16.4 Å². The number of halogens is 1. The Hall–Kier alpha value is -1.72. The Labute approximate surface area is 121 Å². The summed E-state index contributed by atoms with van der Waals surface area (Å²) in [5.41, 5.74) is 0. The number of aromatic carboxylic acids is 1. The highest BCUT2D eigenvalue weighted by Crippen LogP contribution is 2.28.